The SMILES string of the molecule is C=CCCC1CCC(c2cc(F)c(OCC3CC=C(F)CC3)c(F)c2)CC1. The molecule has 2 aliphatic carbocycles. The van der Waals surface area contributed by atoms with Crippen LogP contribution >= 0.6 is 0 Å². The van der Waals surface area contributed by atoms with Crippen molar-refractivity contribution in [3.8, 4) is 5.75 Å². The van der Waals surface area contributed by atoms with Crippen LogP contribution in [0.5, 0.6) is 5.75 Å². The number of benzene rings is 1. The summed E-state index contributed by atoms with van der Waals surface area (Å²) in [7, 11) is 0. The van der Waals surface area contributed by atoms with E-state index in [9.17, 15) is 13.2 Å². The molecule has 3 rings (SSSR count). The van der Waals surface area contributed by atoms with Crippen LogP contribution in [0.15, 0.2) is 36.7 Å². The molecule has 0 aliphatic heterocycles. The third kappa shape index (κ3) is 5.40. The van der Waals surface area contributed by atoms with E-state index in [1.807, 2.05) is 6.08 Å². The van der Waals surface area contributed by atoms with Gasteiger partial charge in [-0.1, -0.05) is 12.2 Å². The quantitative estimate of drug-likeness (QED) is 0.455. The van der Waals surface area contributed by atoms with E-state index in [0.29, 0.717) is 25.2 Å². The van der Waals surface area contributed by atoms with Crippen LogP contribution in [0.2, 0.25) is 0 Å². The fourth-order valence-corrected chi connectivity index (χ4v) is 4.30. The smallest absolute Gasteiger partial charge is 0.190 e. The number of allylic oxidation sites excluding steroid dienone is 3. The molecular weight excluding hydrogens is 349 g/mol. The third-order valence-electron chi connectivity index (χ3n) is 6.05. The molecule has 148 valence electrons. The molecule has 1 aromatic rings. The van der Waals surface area contributed by atoms with Gasteiger partial charge in [-0.25, -0.2) is 13.2 Å². The minimum Gasteiger partial charge on any atom is -0.487 e. The van der Waals surface area contributed by atoms with Crippen molar-refractivity contribution in [1.82, 2.24) is 0 Å². The minimum atomic E-state index is -0.628. The molecule has 0 bridgehead atoms. The second-order valence-electron chi connectivity index (χ2n) is 8.00. The second-order valence-corrected chi connectivity index (χ2v) is 8.00. The van der Waals surface area contributed by atoms with Crippen LogP contribution in [0.3, 0.4) is 0 Å². The Hall–Kier alpha value is -1.71. The van der Waals surface area contributed by atoms with E-state index in [0.717, 1.165) is 44.1 Å². The van der Waals surface area contributed by atoms with E-state index >= 15 is 0 Å². The number of rotatable bonds is 7. The Kier molecular flexibility index (Phi) is 7.03. The lowest BCUT2D eigenvalue weighted by molar-refractivity contribution is 0.215. The molecule has 0 N–H and O–H groups in total. The van der Waals surface area contributed by atoms with Crippen LogP contribution < -0.4 is 4.74 Å². The molecule has 1 atom stereocenters. The van der Waals surface area contributed by atoms with Gasteiger partial charge in [0.25, 0.3) is 0 Å². The zero-order chi connectivity index (χ0) is 19.2. The molecule has 0 spiro atoms. The van der Waals surface area contributed by atoms with Crippen molar-refractivity contribution in [3.63, 3.8) is 0 Å². The first kappa shape index (κ1) is 20.0. The molecule has 27 heavy (non-hydrogen) atoms. The van der Waals surface area contributed by atoms with Gasteiger partial charge < -0.3 is 4.74 Å². The van der Waals surface area contributed by atoms with E-state index < -0.39 is 11.6 Å². The normalized spacial score (nSPS) is 25.7. The van der Waals surface area contributed by atoms with Crippen molar-refractivity contribution in [2.45, 2.75) is 63.7 Å². The zero-order valence-electron chi connectivity index (χ0n) is 15.9. The molecule has 0 aromatic heterocycles. The monoisotopic (exact) mass is 378 g/mol. The lowest BCUT2D eigenvalue weighted by Gasteiger charge is -2.29. The number of hydrogen-bond donors (Lipinski definition) is 0. The summed E-state index contributed by atoms with van der Waals surface area (Å²) < 4.78 is 47.4. The van der Waals surface area contributed by atoms with Gasteiger partial charge in [0.2, 0.25) is 0 Å². The summed E-state index contributed by atoms with van der Waals surface area (Å²) in [6.07, 6.45) is 11.4. The molecule has 1 nitrogen and oxygen atoms in total. The van der Waals surface area contributed by atoms with E-state index in [4.69, 9.17) is 4.74 Å². The Labute approximate surface area is 160 Å². The second kappa shape index (κ2) is 9.48. The highest BCUT2D eigenvalue weighted by atomic mass is 19.1. The highest BCUT2D eigenvalue weighted by Gasteiger charge is 2.25. The van der Waals surface area contributed by atoms with Gasteiger partial charge in [-0.3, -0.25) is 0 Å². The maximum absolute atomic E-state index is 14.5. The van der Waals surface area contributed by atoms with Crippen LogP contribution in [0.25, 0.3) is 0 Å². The Balaban J connectivity index is 1.57. The largest absolute Gasteiger partial charge is 0.487 e. The van der Waals surface area contributed by atoms with Crippen molar-refractivity contribution in [3.05, 3.63) is 53.9 Å². The maximum Gasteiger partial charge on any atom is 0.190 e. The first-order chi connectivity index (χ1) is 13.1. The highest BCUT2D eigenvalue weighted by Crippen LogP contribution is 2.39. The maximum atomic E-state index is 14.5. The standard InChI is InChI=1S/C23H29F3O/c1-2-3-4-16-5-9-18(10-6-16)19-13-21(25)23(22(26)14-19)27-15-17-7-11-20(24)12-8-17/h2,11,13-14,16-18H,1,3-10,12,15H2. The summed E-state index contributed by atoms with van der Waals surface area (Å²) in [6, 6.07) is 2.88. The molecule has 1 unspecified atom stereocenters. The zero-order valence-corrected chi connectivity index (χ0v) is 15.9. The lowest BCUT2D eigenvalue weighted by atomic mass is 9.77. The van der Waals surface area contributed by atoms with Crippen molar-refractivity contribution >= 4 is 0 Å². The average Bonchev–Trinajstić information content (AvgIpc) is 2.67. The van der Waals surface area contributed by atoms with E-state index in [2.05, 4.69) is 6.58 Å². The molecule has 0 heterocycles. The molecule has 1 fully saturated rings. The van der Waals surface area contributed by atoms with Crippen LogP contribution in [0, 0.1) is 23.5 Å². The number of hydrogen-bond acceptors (Lipinski definition) is 1. The van der Waals surface area contributed by atoms with Crippen molar-refractivity contribution in [2.24, 2.45) is 11.8 Å². The molecule has 0 saturated heterocycles. The summed E-state index contributed by atoms with van der Waals surface area (Å²) in [5.41, 5.74) is 0.738. The molecule has 1 aromatic carbocycles. The fraction of sp³-hybridized carbons (Fsp3) is 0.565. The number of ether oxygens (including phenoxy) is 1. The molecular formula is C23H29F3O. The van der Waals surface area contributed by atoms with Gasteiger partial charge in [0.05, 0.1) is 12.4 Å². The summed E-state index contributed by atoms with van der Waals surface area (Å²) in [5, 5.41) is 0. The van der Waals surface area contributed by atoms with Crippen molar-refractivity contribution in [2.75, 3.05) is 6.61 Å². The molecule has 1 saturated carbocycles. The summed E-state index contributed by atoms with van der Waals surface area (Å²) in [6.45, 7) is 3.98. The van der Waals surface area contributed by atoms with Crippen molar-refractivity contribution in [1.29, 1.82) is 0 Å². The highest BCUT2D eigenvalue weighted by molar-refractivity contribution is 5.33. The fourth-order valence-electron chi connectivity index (χ4n) is 4.30. The van der Waals surface area contributed by atoms with E-state index in [-0.39, 0.29) is 30.0 Å². The Morgan fingerprint density at radius 2 is 1.70 bits per heavy atom. The molecule has 0 amide bonds. The third-order valence-corrected chi connectivity index (χ3v) is 6.05. The Bertz CT molecular complexity index is 651. The van der Waals surface area contributed by atoms with Gasteiger partial charge in [0.15, 0.2) is 17.4 Å². The van der Waals surface area contributed by atoms with Gasteiger partial charge in [-0.15, -0.1) is 6.58 Å². The minimum absolute atomic E-state index is 0.104. The van der Waals surface area contributed by atoms with Crippen molar-refractivity contribution < 1.29 is 17.9 Å². The van der Waals surface area contributed by atoms with Gasteiger partial charge in [0, 0.05) is 0 Å². The summed E-state index contributed by atoms with van der Waals surface area (Å²) >= 11 is 0. The summed E-state index contributed by atoms with van der Waals surface area (Å²) in [4.78, 5) is 0. The molecule has 4 heteroatoms. The van der Waals surface area contributed by atoms with Gasteiger partial charge >= 0.3 is 0 Å². The predicted molar refractivity (Wildman–Crippen MR) is 103 cm³/mol. The Morgan fingerprint density at radius 1 is 1.00 bits per heavy atom. The number of halogens is 3. The lowest BCUT2D eigenvalue weighted by Crippen LogP contribution is -2.16. The van der Waals surface area contributed by atoms with Crippen LogP contribution in [0.1, 0.15) is 69.3 Å². The predicted octanol–water partition coefficient (Wildman–Crippen LogP) is 7.24. The Morgan fingerprint density at radius 3 is 2.30 bits per heavy atom. The molecule has 2 aliphatic rings. The first-order valence-electron chi connectivity index (χ1n) is 10.1. The van der Waals surface area contributed by atoms with Crippen LogP contribution in [-0.2, 0) is 0 Å². The van der Waals surface area contributed by atoms with E-state index in [1.54, 1.807) is 6.08 Å². The van der Waals surface area contributed by atoms with E-state index in [1.165, 1.54) is 12.1 Å². The van der Waals surface area contributed by atoms with Gasteiger partial charge in [0.1, 0.15) is 0 Å². The van der Waals surface area contributed by atoms with Crippen LogP contribution in [-0.4, -0.2) is 6.61 Å². The topological polar surface area (TPSA) is 9.23 Å². The van der Waals surface area contributed by atoms with Gasteiger partial charge in [-0.2, -0.15) is 0 Å². The average molecular weight is 378 g/mol. The van der Waals surface area contributed by atoms with Crippen LogP contribution in [0.4, 0.5) is 13.2 Å². The van der Waals surface area contributed by atoms with Gasteiger partial charge in [-0.05, 0) is 93.2 Å². The molecule has 0 radical (unpaired) electrons. The first-order valence-corrected chi connectivity index (χ1v) is 10.1. The summed E-state index contributed by atoms with van der Waals surface area (Å²) in [5.74, 6) is -0.637.